The van der Waals surface area contributed by atoms with Gasteiger partial charge in [-0.25, -0.2) is 9.59 Å². The number of aromatic carboxylic acids is 1. The van der Waals surface area contributed by atoms with E-state index in [1.165, 1.54) is 35.9 Å². The second kappa shape index (κ2) is 13.5. The molecule has 0 amide bonds. The molecule has 1 aliphatic heterocycles. The van der Waals surface area contributed by atoms with Crippen molar-refractivity contribution in [1.29, 1.82) is 0 Å². The summed E-state index contributed by atoms with van der Waals surface area (Å²) in [6, 6.07) is 30.6. The summed E-state index contributed by atoms with van der Waals surface area (Å²) in [5, 5.41) is 28.1. The number of fused-ring (bicyclic) bond motifs is 2. The molecule has 0 aromatic heterocycles. The van der Waals surface area contributed by atoms with Crippen molar-refractivity contribution in [3.63, 3.8) is 0 Å². The Kier molecular flexibility index (Phi) is 9.09. The molecule has 0 unspecified atom stereocenters. The van der Waals surface area contributed by atoms with Crippen LogP contribution in [0.25, 0.3) is 33.4 Å². The highest BCUT2D eigenvalue weighted by atomic mass is 16.5. The summed E-state index contributed by atoms with van der Waals surface area (Å²) in [5.41, 5.74) is 4.06. The maximum absolute atomic E-state index is 11.7. The Hall–Kier alpha value is -6.09. The highest BCUT2D eigenvalue weighted by molar-refractivity contribution is 6.02. The minimum absolute atomic E-state index is 0.0565. The summed E-state index contributed by atoms with van der Waals surface area (Å²) < 4.78 is 16.5. The molecule has 9 heteroatoms. The van der Waals surface area contributed by atoms with Crippen LogP contribution in [0.2, 0.25) is 0 Å². The lowest BCUT2D eigenvalue weighted by Crippen LogP contribution is -2.09. The minimum Gasteiger partial charge on any atom is -0.508 e. The van der Waals surface area contributed by atoms with E-state index in [1.54, 1.807) is 54.6 Å². The molecule has 0 spiro atoms. The Labute approximate surface area is 257 Å². The molecular formula is C36H28O9. The van der Waals surface area contributed by atoms with Crippen molar-refractivity contribution in [2.75, 3.05) is 6.61 Å². The molecule has 0 saturated heterocycles. The van der Waals surface area contributed by atoms with Gasteiger partial charge in [-0.05, 0) is 90.3 Å². The summed E-state index contributed by atoms with van der Waals surface area (Å²) in [6.07, 6.45) is 0.996. The van der Waals surface area contributed by atoms with Gasteiger partial charge >= 0.3 is 11.9 Å². The first-order valence-electron chi connectivity index (χ1n) is 13.9. The smallest absolute Gasteiger partial charge is 0.341 e. The van der Waals surface area contributed by atoms with Crippen LogP contribution in [0.3, 0.4) is 0 Å². The van der Waals surface area contributed by atoms with Gasteiger partial charge < -0.3 is 29.2 Å². The lowest BCUT2D eigenvalue weighted by molar-refractivity contribution is -0.139. The van der Waals surface area contributed by atoms with E-state index in [0.29, 0.717) is 22.8 Å². The van der Waals surface area contributed by atoms with Crippen molar-refractivity contribution in [2.24, 2.45) is 0 Å². The SMILES string of the molecule is CCc1ccc(Oc2ccc(OCC(=O)O)cc2)cc1.O=C(O)c1ccc(-c2c3ccc(=O)cc-3oc3cc(O)ccc23)cc1. The van der Waals surface area contributed by atoms with Crippen molar-refractivity contribution in [1.82, 2.24) is 0 Å². The van der Waals surface area contributed by atoms with Crippen LogP contribution in [-0.2, 0) is 11.2 Å². The van der Waals surface area contributed by atoms with Crippen LogP contribution >= 0.6 is 0 Å². The van der Waals surface area contributed by atoms with Crippen molar-refractivity contribution >= 4 is 22.9 Å². The molecule has 226 valence electrons. The zero-order valence-corrected chi connectivity index (χ0v) is 24.1. The number of carboxylic acids is 2. The number of aliphatic carboxylic acids is 1. The number of hydrogen-bond donors (Lipinski definition) is 3. The highest BCUT2D eigenvalue weighted by Gasteiger charge is 2.18. The molecule has 1 heterocycles. The number of rotatable bonds is 8. The van der Waals surface area contributed by atoms with Gasteiger partial charge in [0.2, 0.25) is 0 Å². The molecule has 45 heavy (non-hydrogen) atoms. The molecular weight excluding hydrogens is 576 g/mol. The number of phenolic OH excluding ortho intramolecular Hbond substituents is 1. The number of carbonyl (C=O) groups is 2. The molecule has 1 aliphatic carbocycles. The average molecular weight is 605 g/mol. The van der Waals surface area contributed by atoms with Gasteiger partial charge in [0.05, 0.1) is 5.56 Å². The number of aryl methyl sites for hydroxylation is 1. The minimum atomic E-state index is -0.999. The molecule has 0 radical (unpaired) electrons. The molecule has 2 aliphatic rings. The summed E-state index contributed by atoms with van der Waals surface area (Å²) in [5.74, 6) is 0.412. The van der Waals surface area contributed by atoms with Gasteiger partial charge in [-0.3, -0.25) is 4.79 Å². The largest absolute Gasteiger partial charge is 0.508 e. The van der Waals surface area contributed by atoms with Crippen LogP contribution in [0.4, 0.5) is 0 Å². The molecule has 0 atom stereocenters. The van der Waals surface area contributed by atoms with Crippen LogP contribution in [0.15, 0.2) is 118 Å². The molecule has 6 rings (SSSR count). The standard InChI is InChI=1S/C20H12O5.C16H16O4/c21-13-5-7-15-17(9-13)25-18-10-14(22)6-8-16(18)19(15)11-1-3-12(4-2-11)20(23)24;1-2-12-3-5-14(6-4-12)20-15-9-7-13(8-10-15)19-11-16(17)18/h1-10,21H,(H,23,24);3-10H,2,11H2,1H3,(H,17,18). The summed E-state index contributed by atoms with van der Waals surface area (Å²) in [4.78, 5) is 33.1. The molecule has 3 N–H and O–H groups in total. The Morgan fingerprint density at radius 3 is 2.02 bits per heavy atom. The fraction of sp³-hybridized carbons (Fsp3) is 0.0833. The highest BCUT2D eigenvalue weighted by Crippen LogP contribution is 2.40. The van der Waals surface area contributed by atoms with Gasteiger partial charge in [0.15, 0.2) is 12.0 Å². The van der Waals surface area contributed by atoms with E-state index >= 15 is 0 Å². The number of hydrogen-bond acceptors (Lipinski definition) is 7. The number of phenols is 1. The van der Waals surface area contributed by atoms with E-state index in [9.17, 15) is 19.5 Å². The molecule has 4 aromatic carbocycles. The summed E-state index contributed by atoms with van der Waals surface area (Å²) in [7, 11) is 0. The normalized spacial score (nSPS) is 10.6. The quantitative estimate of drug-likeness (QED) is 0.151. The lowest BCUT2D eigenvalue weighted by atomic mass is 9.93. The Bertz CT molecular complexity index is 1970. The van der Waals surface area contributed by atoms with Crippen molar-refractivity contribution < 1.29 is 38.8 Å². The van der Waals surface area contributed by atoms with Crippen molar-refractivity contribution in [2.45, 2.75) is 13.3 Å². The maximum Gasteiger partial charge on any atom is 0.341 e. The zero-order valence-electron chi connectivity index (χ0n) is 24.1. The second-order valence-corrected chi connectivity index (χ2v) is 9.95. The first kappa shape index (κ1) is 30.4. The molecule has 4 aromatic rings. The number of ether oxygens (including phenoxy) is 2. The Morgan fingerprint density at radius 1 is 0.756 bits per heavy atom. The third kappa shape index (κ3) is 7.47. The van der Waals surface area contributed by atoms with Crippen molar-refractivity contribution in [3.05, 3.63) is 131 Å². The average Bonchev–Trinajstić information content (AvgIpc) is 3.04. The number of carboxylic acid groups (broad SMARTS) is 2. The molecule has 0 bridgehead atoms. The van der Waals surface area contributed by atoms with Crippen molar-refractivity contribution in [3.8, 4) is 45.4 Å². The van der Waals surface area contributed by atoms with Gasteiger partial charge in [0, 0.05) is 28.6 Å². The van der Waals surface area contributed by atoms with Gasteiger partial charge in [0.25, 0.3) is 0 Å². The fourth-order valence-electron chi connectivity index (χ4n) is 4.63. The topological polar surface area (TPSA) is 144 Å². The van der Waals surface area contributed by atoms with E-state index in [2.05, 4.69) is 6.92 Å². The summed E-state index contributed by atoms with van der Waals surface area (Å²) in [6.45, 7) is 1.75. The van der Waals surface area contributed by atoms with Crippen LogP contribution < -0.4 is 14.9 Å². The van der Waals surface area contributed by atoms with E-state index in [-0.39, 0.29) is 23.3 Å². The Morgan fingerprint density at radius 2 is 1.40 bits per heavy atom. The second-order valence-electron chi connectivity index (χ2n) is 9.95. The van der Waals surface area contributed by atoms with Gasteiger partial charge in [0.1, 0.15) is 34.3 Å². The fourth-order valence-corrected chi connectivity index (χ4v) is 4.63. The number of benzene rings is 5. The monoisotopic (exact) mass is 604 g/mol. The third-order valence-corrected chi connectivity index (χ3v) is 6.85. The summed E-state index contributed by atoms with van der Waals surface area (Å²) >= 11 is 0. The van der Waals surface area contributed by atoms with E-state index in [4.69, 9.17) is 24.1 Å². The van der Waals surface area contributed by atoms with Crippen LogP contribution in [0.5, 0.6) is 23.0 Å². The third-order valence-electron chi connectivity index (χ3n) is 6.85. The van der Waals surface area contributed by atoms with Gasteiger partial charge in [-0.2, -0.15) is 0 Å². The first-order chi connectivity index (χ1) is 21.7. The zero-order chi connectivity index (χ0) is 31.9. The predicted octanol–water partition coefficient (Wildman–Crippen LogP) is 7.47. The first-order valence-corrected chi connectivity index (χ1v) is 13.9. The molecule has 0 saturated carbocycles. The molecule has 0 fully saturated rings. The predicted molar refractivity (Wildman–Crippen MR) is 169 cm³/mol. The maximum atomic E-state index is 11.7. The van der Waals surface area contributed by atoms with Crippen LogP contribution in [0.1, 0.15) is 22.8 Å². The van der Waals surface area contributed by atoms with Gasteiger partial charge in [-0.1, -0.05) is 31.2 Å². The number of aromatic hydroxyl groups is 1. The van der Waals surface area contributed by atoms with E-state index < -0.39 is 11.9 Å². The van der Waals surface area contributed by atoms with Crippen LogP contribution in [-0.4, -0.2) is 33.9 Å². The van der Waals surface area contributed by atoms with E-state index in [0.717, 1.165) is 34.2 Å². The Balaban J connectivity index is 0.000000183. The van der Waals surface area contributed by atoms with Crippen LogP contribution in [0, 0.1) is 0 Å². The van der Waals surface area contributed by atoms with Gasteiger partial charge in [-0.15, -0.1) is 0 Å². The van der Waals surface area contributed by atoms with E-state index in [1.807, 2.05) is 24.3 Å². The lowest BCUT2D eigenvalue weighted by Gasteiger charge is -2.15. The molecule has 9 nitrogen and oxygen atoms in total.